The first kappa shape index (κ1) is 20.4. The molecule has 0 aliphatic carbocycles. The second-order valence-corrected chi connectivity index (χ2v) is 5.87. The van der Waals surface area contributed by atoms with Crippen LogP contribution in [-0.4, -0.2) is 30.6 Å². The second-order valence-electron chi connectivity index (χ2n) is 5.87. The summed E-state index contributed by atoms with van der Waals surface area (Å²) >= 11 is 0. The van der Waals surface area contributed by atoms with Gasteiger partial charge < -0.3 is 14.7 Å². The maximum absolute atomic E-state index is 10.1. The summed E-state index contributed by atoms with van der Waals surface area (Å²) in [5, 5.41) is 9.33. The van der Waals surface area contributed by atoms with E-state index >= 15 is 0 Å². The molecule has 0 aliphatic heterocycles. The van der Waals surface area contributed by atoms with Crippen molar-refractivity contribution < 1.29 is 31.0 Å². The van der Waals surface area contributed by atoms with E-state index in [1.54, 1.807) is 18.3 Å². The third-order valence-corrected chi connectivity index (χ3v) is 4.14. The number of fused-ring (bicyclic) bond motifs is 3. The Morgan fingerprint density at radius 2 is 1.66 bits per heavy atom. The average molecular weight is 562 g/mol. The van der Waals surface area contributed by atoms with Gasteiger partial charge in [0.1, 0.15) is 5.69 Å². The number of nitrogens with zero attached hydrogens (tertiary/aromatic N) is 4. The van der Waals surface area contributed by atoms with Gasteiger partial charge in [0.15, 0.2) is 0 Å². The largest absolute Gasteiger partial charge is 0.477 e. The third-order valence-electron chi connectivity index (χ3n) is 4.14. The Bertz CT molecular complexity index is 1190. The van der Waals surface area contributed by atoms with Crippen molar-refractivity contribution in [2.24, 2.45) is 0 Å². The molecule has 0 amide bonds. The Morgan fingerprint density at radius 1 is 0.897 bits per heavy atom. The van der Waals surface area contributed by atoms with Gasteiger partial charge in [-0.15, -0.1) is 5.39 Å². The van der Waals surface area contributed by atoms with Crippen molar-refractivity contribution in [1.29, 1.82) is 0 Å². The molecule has 5 rings (SSSR count). The van der Waals surface area contributed by atoms with Crippen LogP contribution in [0.15, 0.2) is 85.5 Å². The number of carboxylic acids is 1. The van der Waals surface area contributed by atoms with Crippen molar-refractivity contribution in [3.05, 3.63) is 97.2 Å². The minimum atomic E-state index is -0.990. The van der Waals surface area contributed by atoms with E-state index in [0.29, 0.717) is 0 Å². The fraction of sp³-hybridized carbons (Fsp3) is 0. The van der Waals surface area contributed by atoms with Crippen LogP contribution in [0.1, 0.15) is 10.5 Å². The van der Waals surface area contributed by atoms with Gasteiger partial charge in [0.05, 0.1) is 0 Å². The number of rotatable bonds is 2. The Kier molecular flexibility index (Phi) is 6.47. The van der Waals surface area contributed by atoms with Gasteiger partial charge >= 0.3 is 5.97 Å². The average Bonchev–Trinajstić information content (AvgIpc) is 3.10. The van der Waals surface area contributed by atoms with Crippen LogP contribution in [0.2, 0.25) is 0 Å². The maximum Gasteiger partial charge on any atom is 0.354 e. The zero-order valence-electron chi connectivity index (χ0n) is 15.0. The molecular formula is C22H15N4O2Pt-. The predicted molar refractivity (Wildman–Crippen MR) is 106 cm³/mol. The molecule has 4 heterocycles. The second kappa shape index (κ2) is 9.21. The number of hydrogen-bond acceptors (Lipinski definition) is 4. The first-order chi connectivity index (χ1) is 13.8. The van der Waals surface area contributed by atoms with Gasteiger partial charge in [-0.2, -0.15) is 6.07 Å². The van der Waals surface area contributed by atoms with E-state index in [1.165, 1.54) is 12.3 Å². The van der Waals surface area contributed by atoms with E-state index < -0.39 is 5.97 Å². The van der Waals surface area contributed by atoms with Gasteiger partial charge in [-0.05, 0) is 59.8 Å². The van der Waals surface area contributed by atoms with Crippen LogP contribution in [0.3, 0.4) is 0 Å². The Morgan fingerprint density at radius 3 is 2.34 bits per heavy atom. The Hall–Kier alpha value is -3.37. The standard InChI is InChI=1S/C16H10N3.C6H5NO2.Pt/c1-2-5-12(6-3-1)19-14-7-4-9-18-16(14)13-8-10-17-11-15(13)19;8-6(9)5-3-1-2-4-7-5;/h1-7,9-11H;1-4H,(H,8,9);/q-1;;. The molecule has 0 bridgehead atoms. The van der Waals surface area contributed by atoms with Gasteiger partial charge in [-0.1, -0.05) is 24.3 Å². The number of pyridine rings is 3. The summed E-state index contributed by atoms with van der Waals surface area (Å²) in [5.74, 6) is -0.990. The summed E-state index contributed by atoms with van der Waals surface area (Å²) in [6, 6.07) is 22.2. The topological polar surface area (TPSA) is 80.9 Å². The number of carbonyl (C=O) groups is 1. The van der Waals surface area contributed by atoms with Crippen molar-refractivity contribution >= 4 is 27.9 Å². The van der Waals surface area contributed by atoms with Crippen LogP contribution in [0.25, 0.3) is 27.6 Å². The Balaban J connectivity index is 0.000000205. The number of aromatic nitrogens is 4. The fourth-order valence-electron chi connectivity index (χ4n) is 2.95. The molecule has 5 aromatic rings. The summed E-state index contributed by atoms with van der Waals surface area (Å²) in [5.41, 5.74) is 4.26. The molecule has 0 aliphatic rings. The molecule has 0 saturated heterocycles. The molecule has 1 aromatic carbocycles. The van der Waals surface area contributed by atoms with Crippen LogP contribution in [0, 0.1) is 6.07 Å². The molecule has 4 aromatic heterocycles. The molecule has 7 heteroatoms. The third kappa shape index (κ3) is 4.23. The van der Waals surface area contributed by atoms with Gasteiger partial charge in [0.2, 0.25) is 0 Å². The quantitative estimate of drug-likeness (QED) is 0.327. The van der Waals surface area contributed by atoms with Crippen LogP contribution >= 0.6 is 0 Å². The SMILES string of the molecule is O=C(O)c1ccccn1.[Pt].[c-]1cncc2c1c1ncccc1n2-c1ccccc1. The molecule has 6 nitrogen and oxygen atoms in total. The summed E-state index contributed by atoms with van der Waals surface area (Å²) < 4.78 is 2.17. The summed E-state index contributed by atoms with van der Waals surface area (Å²) in [6.45, 7) is 0. The van der Waals surface area contributed by atoms with Gasteiger partial charge in [0.25, 0.3) is 0 Å². The van der Waals surface area contributed by atoms with Crippen LogP contribution in [0.4, 0.5) is 0 Å². The predicted octanol–water partition coefficient (Wildman–Crippen LogP) is 4.15. The summed E-state index contributed by atoms with van der Waals surface area (Å²) in [4.78, 5) is 22.4. The number of hydrogen-bond donors (Lipinski definition) is 1. The number of para-hydroxylation sites is 1. The minimum absolute atomic E-state index is 0. The van der Waals surface area contributed by atoms with Gasteiger partial charge in [-0.25, -0.2) is 9.78 Å². The molecule has 0 saturated carbocycles. The first-order valence-corrected chi connectivity index (χ1v) is 8.56. The van der Waals surface area contributed by atoms with E-state index in [4.69, 9.17) is 5.11 Å². The zero-order valence-corrected chi connectivity index (χ0v) is 17.3. The number of benzene rings is 1. The summed E-state index contributed by atoms with van der Waals surface area (Å²) in [6.07, 6.45) is 6.81. The van der Waals surface area contributed by atoms with Gasteiger partial charge in [0, 0.05) is 44.7 Å². The molecule has 29 heavy (non-hydrogen) atoms. The smallest absolute Gasteiger partial charge is 0.354 e. The molecule has 0 fully saturated rings. The molecule has 146 valence electrons. The molecule has 0 atom stereocenters. The van der Waals surface area contributed by atoms with Crippen molar-refractivity contribution in [3.63, 3.8) is 0 Å². The fourth-order valence-corrected chi connectivity index (χ4v) is 2.95. The minimum Gasteiger partial charge on any atom is -0.477 e. The Labute approximate surface area is 181 Å². The molecular weight excluding hydrogens is 547 g/mol. The maximum atomic E-state index is 10.1. The molecule has 0 radical (unpaired) electrons. The monoisotopic (exact) mass is 562 g/mol. The molecule has 0 spiro atoms. The normalized spacial score (nSPS) is 10.1. The van der Waals surface area contributed by atoms with Crippen molar-refractivity contribution in [2.75, 3.05) is 0 Å². The number of carboxylic acid groups (broad SMARTS) is 1. The van der Waals surface area contributed by atoms with E-state index in [1.807, 2.05) is 36.7 Å². The van der Waals surface area contributed by atoms with E-state index in [2.05, 4.69) is 43.8 Å². The zero-order chi connectivity index (χ0) is 19.3. The van der Waals surface area contributed by atoms with Crippen LogP contribution in [-0.2, 0) is 21.1 Å². The first-order valence-electron chi connectivity index (χ1n) is 8.56. The van der Waals surface area contributed by atoms with Crippen LogP contribution in [0.5, 0.6) is 0 Å². The van der Waals surface area contributed by atoms with E-state index in [0.717, 1.165) is 27.6 Å². The van der Waals surface area contributed by atoms with E-state index in [-0.39, 0.29) is 26.8 Å². The summed E-state index contributed by atoms with van der Waals surface area (Å²) in [7, 11) is 0. The van der Waals surface area contributed by atoms with E-state index in [9.17, 15) is 4.79 Å². The van der Waals surface area contributed by atoms with Crippen molar-refractivity contribution in [2.45, 2.75) is 0 Å². The van der Waals surface area contributed by atoms with Crippen molar-refractivity contribution in [1.82, 2.24) is 19.5 Å². The van der Waals surface area contributed by atoms with Gasteiger partial charge in [-0.3, -0.25) is 4.98 Å². The van der Waals surface area contributed by atoms with Crippen LogP contribution < -0.4 is 0 Å². The molecule has 0 unspecified atom stereocenters. The molecule has 1 N–H and O–H groups in total. The van der Waals surface area contributed by atoms with Crippen molar-refractivity contribution in [3.8, 4) is 5.69 Å². The number of aromatic carboxylic acids is 1.